The summed E-state index contributed by atoms with van der Waals surface area (Å²) in [7, 11) is 0. The van der Waals surface area contributed by atoms with E-state index in [0.29, 0.717) is 11.3 Å². The van der Waals surface area contributed by atoms with Crippen molar-refractivity contribution in [2.45, 2.75) is 26.8 Å². The standard InChI is InChI=1S/C21H25N3O3/c1-15(2)24(21(27)17-9-5-4-6-10-17)14-20(26)22-13-19(25)23-18-11-7-8-16(3)12-18/h4-12,15H,13-14H2,1-3H3,(H,22,26)(H,23,25). The predicted octanol–water partition coefficient (Wildman–Crippen LogP) is 2.60. The third-order valence-corrected chi connectivity index (χ3v) is 3.97. The molecule has 0 aliphatic rings. The third kappa shape index (κ3) is 6.26. The molecule has 0 bridgehead atoms. The van der Waals surface area contributed by atoms with Crippen LogP contribution < -0.4 is 10.6 Å². The molecule has 0 aliphatic heterocycles. The average molecular weight is 367 g/mol. The Morgan fingerprint density at radius 1 is 0.963 bits per heavy atom. The Labute approximate surface area is 159 Å². The number of nitrogens with one attached hydrogen (secondary N) is 2. The molecule has 2 aromatic carbocycles. The molecule has 0 fully saturated rings. The largest absolute Gasteiger partial charge is 0.345 e. The monoisotopic (exact) mass is 367 g/mol. The predicted molar refractivity (Wildman–Crippen MR) is 105 cm³/mol. The maximum Gasteiger partial charge on any atom is 0.254 e. The highest BCUT2D eigenvalue weighted by Crippen LogP contribution is 2.09. The van der Waals surface area contributed by atoms with Crippen LogP contribution in [0.1, 0.15) is 29.8 Å². The Morgan fingerprint density at radius 2 is 1.67 bits per heavy atom. The number of hydrogen-bond acceptors (Lipinski definition) is 3. The molecule has 0 saturated carbocycles. The lowest BCUT2D eigenvalue weighted by molar-refractivity contribution is -0.124. The number of hydrogen-bond donors (Lipinski definition) is 2. The smallest absolute Gasteiger partial charge is 0.254 e. The fourth-order valence-electron chi connectivity index (χ4n) is 2.55. The second-order valence-electron chi connectivity index (χ2n) is 6.59. The van der Waals surface area contributed by atoms with Crippen LogP contribution in [0.15, 0.2) is 54.6 Å². The highest BCUT2D eigenvalue weighted by atomic mass is 16.2. The first kappa shape index (κ1) is 20.2. The molecule has 6 nitrogen and oxygen atoms in total. The van der Waals surface area contributed by atoms with Crippen molar-refractivity contribution in [1.29, 1.82) is 0 Å². The highest BCUT2D eigenvalue weighted by molar-refractivity contribution is 5.98. The van der Waals surface area contributed by atoms with Crippen LogP contribution in [0.2, 0.25) is 0 Å². The maximum absolute atomic E-state index is 12.6. The summed E-state index contributed by atoms with van der Waals surface area (Å²) >= 11 is 0. The van der Waals surface area contributed by atoms with Gasteiger partial charge in [0.2, 0.25) is 11.8 Å². The molecule has 0 spiro atoms. The molecular formula is C21H25N3O3. The number of aryl methyl sites for hydroxylation is 1. The van der Waals surface area contributed by atoms with Crippen molar-refractivity contribution in [1.82, 2.24) is 10.2 Å². The number of benzene rings is 2. The van der Waals surface area contributed by atoms with E-state index >= 15 is 0 Å². The Bertz CT molecular complexity index is 803. The lowest BCUT2D eigenvalue weighted by atomic mass is 10.1. The molecule has 0 aromatic heterocycles. The van der Waals surface area contributed by atoms with Gasteiger partial charge in [-0.2, -0.15) is 0 Å². The molecule has 6 heteroatoms. The normalized spacial score (nSPS) is 10.4. The molecule has 0 radical (unpaired) electrons. The summed E-state index contributed by atoms with van der Waals surface area (Å²) in [5.74, 6) is -0.920. The van der Waals surface area contributed by atoms with E-state index < -0.39 is 0 Å². The maximum atomic E-state index is 12.6. The molecule has 0 heterocycles. The zero-order valence-corrected chi connectivity index (χ0v) is 15.9. The van der Waals surface area contributed by atoms with Gasteiger partial charge in [0.15, 0.2) is 0 Å². The number of carbonyl (C=O) groups is 3. The van der Waals surface area contributed by atoms with Crippen LogP contribution in [0.25, 0.3) is 0 Å². The Kier molecular flexibility index (Phi) is 7.11. The fourth-order valence-corrected chi connectivity index (χ4v) is 2.55. The van der Waals surface area contributed by atoms with Gasteiger partial charge in [-0.15, -0.1) is 0 Å². The Hall–Kier alpha value is -3.15. The van der Waals surface area contributed by atoms with Gasteiger partial charge in [-0.1, -0.05) is 30.3 Å². The van der Waals surface area contributed by atoms with E-state index in [-0.39, 0.29) is 36.9 Å². The molecular weight excluding hydrogens is 342 g/mol. The summed E-state index contributed by atoms with van der Waals surface area (Å²) in [6.07, 6.45) is 0. The molecule has 2 N–H and O–H groups in total. The van der Waals surface area contributed by atoms with Crippen LogP contribution in [-0.4, -0.2) is 41.8 Å². The molecule has 27 heavy (non-hydrogen) atoms. The van der Waals surface area contributed by atoms with Crippen molar-refractivity contribution in [2.75, 3.05) is 18.4 Å². The summed E-state index contributed by atoms with van der Waals surface area (Å²) in [6.45, 7) is 5.36. The summed E-state index contributed by atoms with van der Waals surface area (Å²) in [4.78, 5) is 38.3. The van der Waals surface area contributed by atoms with Crippen molar-refractivity contribution < 1.29 is 14.4 Å². The van der Waals surface area contributed by atoms with Crippen LogP contribution in [-0.2, 0) is 9.59 Å². The second kappa shape index (κ2) is 9.52. The van der Waals surface area contributed by atoms with Crippen molar-refractivity contribution in [3.63, 3.8) is 0 Å². The Balaban J connectivity index is 1.88. The van der Waals surface area contributed by atoms with Crippen molar-refractivity contribution in [3.05, 3.63) is 65.7 Å². The number of nitrogens with zero attached hydrogens (tertiary/aromatic N) is 1. The third-order valence-electron chi connectivity index (χ3n) is 3.97. The first-order chi connectivity index (χ1) is 12.9. The Morgan fingerprint density at radius 3 is 2.30 bits per heavy atom. The molecule has 142 valence electrons. The summed E-state index contributed by atoms with van der Waals surface area (Å²) in [6, 6.07) is 16.1. The summed E-state index contributed by atoms with van der Waals surface area (Å²) in [5.41, 5.74) is 2.23. The number of carbonyl (C=O) groups excluding carboxylic acids is 3. The van der Waals surface area contributed by atoms with Gasteiger partial charge in [-0.25, -0.2) is 0 Å². The van der Waals surface area contributed by atoms with Gasteiger partial charge in [-0.05, 0) is 50.6 Å². The minimum absolute atomic E-state index is 0.108. The van der Waals surface area contributed by atoms with Gasteiger partial charge in [0, 0.05) is 17.3 Å². The van der Waals surface area contributed by atoms with Gasteiger partial charge >= 0.3 is 0 Å². The molecule has 3 amide bonds. The van der Waals surface area contributed by atoms with Gasteiger partial charge in [0.25, 0.3) is 5.91 Å². The second-order valence-corrected chi connectivity index (χ2v) is 6.59. The average Bonchev–Trinajstić information content (AvgIpc) is 2.64. The van der Waals surface area contributed by atoms with Crippen molar-refractivity contribution in [3.8, 4) is 0 Å². The van der Waals surface area contributed by atoms with E-state index in [9.17, 15) is 14.4 Å². The zero-order valence-electron chi connectivity index (χ0n) is 15.9. The van der Waals surface area contributed by atoms with E-state index in [2.05, 4.69) is 10.6 Å². The molecule has 0 unspecified atom stereocenters. The number of anilines is 1. The van der Waals surface area contributed by atoms with Crippen LogP contribution in [0.4, 0.5) is 5.69 Å². The quantitative estimate of drug-likeness (QED) is 0.790. The molecule has 2 rings (SSSR count). The minimum atomic E-state index is -0.382. The number of rotatable bonds is 7. The van der Waals surface area contributed by atoms with Gasteiger partial charge in [0.05, 0.1) is 6.54 Å². The summed E-state index contributed by atoms with van der Waals surface area (Å²) in [5, 5.41) is 5.29. The van der Waals surface area contributed by atoms with Crippen LogP contribution >= 0.6 is 0 Å². The summed E-state index contributed by atoms with van der Waals surface area (Å²) < 4.78 is 0. The zero-order chi connectivity index (χ0) is 19.8. The SMILES string of the molecule is Cc1cccc(NC(=O)CNC(=O)CN(C(=O)c2ccccc2)C(C)C)c1. The van der Waals surface area contributed by atoms with Crippen LogP contribution in [0, 0.1) is 6.92 Å². The van der Waals surface area contributed by atoms with Gasteiger partial charge in [0.1, 0.15) is 6.54 Å². The van der Waals surface area contributed by atoms with E-state index in [1.165, 1.54) is 4.90 Å². The van der Waals surface area contributed by atoms with Crippen LogP contribution in [0.3, 0.4) is 0 Å². The molecule has 0 saturated heterocycles. The van der Waals surface area contributed by atoms with Crippen LogP contribution in [0.5, 0.6) is 0 Å². The van der Waals surface area contributed by atoms with E-state index in [1.54, 1.807) is 30.3 Å². The lowest BCUT2D eigenvalue weighted by Gasteiger charge is -2.26. The first-order valence-electron chi connectivity index (χ1n) is 8.86. The number of amides is 3. The van der Waals surface area contributed by atoms with Crippen molar-refractivity contribution >= 4 is 23.4 Å². The lowest BCUT2D eigenvalue weighted by Crippen LogP contribution is -2.45. The van der Waals surface area contributed by atoms with E-state index in [1.807, 2.05) is 45.0 Å². The first-order valence-corrected chi connectivity index (χ1v) is 8.86. The van der Waals surface area contributed by atoms with Gasteiger partial charge < -0.3 is 15.5 Å². The highest BCUT2D eigenvalue weighted by Gasteiger charge is 2.21. The molecule has 0 aliphatic carbocycles. The fraction of sp³-hybridized carbons (Fsp3) is 0.286. The topological polar surface area (TPSA) is 78.5 Å². The van der Waals surface area contributed by atoms with E-state index in [0.717, 1.165) is 5.56 Å². The minimum Gasteiger partial charge on any atom is -0.345 e. The van der Waals surface area contributed by atoms with Crippen molar-refractivity contribution in [2.24, 2.45) is 0 Å². The molecule has 2 aromatic rings. The molecule has 0 atom stereocenters. The van der Waals surface area contributed by atoms with Gasteiger partial charge in [-0.3, -0.25) is 14.4 Å². The van der Waals surface area contributed by atoms with E-state index in [4.69, 9.17) is 0 Å².